The maximum Gasteiger partial charge on any atom is 0.373 e. The first-order valence-corrected chi connectivity index (χ1v) is 13.2. The fraction of sp³-hybridized carbons (Fsp3) is 0.909. The lowest BCUT2D eigenvalue weighted by Crippen LogP contribution is -2.44. The molecule has 0 saturated heterocycles. The van der Waals surface area contributed by atoms with Crippen LogP contribution in [0.5, 0.6) is 0 Å². The molecule has 0 aliphatic rings. The van der Waals surface area contributed by atoms with Gasteiger partial charge in [0, 0.05) is 41.3 Å². The summed E-state index contributed by atoms with van der Waals surface area (Å²) >= 11 is 0. The van der Waals surface area contributed by atoms with E-state index in [1.54, 1.807) is 19.6 Å². The van der Waals surface area contributed by atoms with Gasteiger partial charge in [-0.1, -0.05) is 0 Å². The SMILES string of the molecule is COP(=O)(OC)C(CCC(=O)O)(O[Si](C)(C)C)P(=O)(OC)OC. The molecule has 0 aromatic heterocycles. The van der Waals surface area contributed by atoms with Crippen molar-refractivity contribution in [2.24, 2.45) is 0 Å². The van der Waals surface area contributed by atoms with Crippen LogP contribution < -0.4 is 0 Å². The summed E-state index contributed by atoms with van der Waals surface area (Å²) in [5.74, 6) is -1.19. The van der Waals surface area contributed by atoms with Gasteiger partial charge in [0.25, 0.3) is 5.08 Å². The Hall–Kier alpha value is -0.0531. The molecule has 0 radical (unpaired) electrons. The molecule has 0 atom stereocenters. The average Bonchev–Trinajstić information content (AvgIpc) is 2.48. The zero-order chi connectivity index (χ0) is 18.5. The minimum Gasteiger partial charge on any atom is -0.481 e. The predicted octanol–water partition coefficient (Wildman–Crippen LogP) is 3.33. The minimum absolute atomic E-state index is 0.426. The Bertz CT molecular complexity index is 460. The number of hydrogen-bond acceptors (Lipinski definition) is 8. The van der Waals surface area contributed by atoms with Gasteiger partial charge >= 0.3 is 21.2 Å². The summed E-state index contributed by atoms with van der Waals surface area (Å²) in [5.41, 5.74) is 0. The van der Waals surface area contributed by atoms with Crippen LogP contribution in [0.25, 0.3) is 0 Å². The summed E-state index contributed by atoms with van der Waals surface area (Å²) in [6.07, 6.45) is -0.914. The van der Waals surface area contributed by atoms with Crippen LogP contribution in [0.2, 0.25) is 19.6 Å². The van der Waals surface area contributed by atoms with Gasteiger partial charge in [-0.2, -0.15) is 0 Å². The quantitative estimate of drug-likeness (QED) is 0.417. The molecule has 0 spiro atoms. The molecule has 0 aromatic rings. The van der Waals surface area contributed by atoms with E-state index in [1.165, 1.54) is 0 Å². The number of carbonyl (C=O) groups is 1. The van der Waals surface area contributed by atoms with E-state index in [2.05, 4.69) is 0 Å². The highest BCUT2D eigenvalue weighted by atomic mass is 31.2. The normalized spacial score (nSPS) is 14.0. The second kappa shape index (κ2) is 8.36. The third-order valence-corrected chi connectivity index (χ3v) is 9.99. The lowest BCUT2D eigenvalue weighted by Gasteiger charge is -2.43. The molecule has 0 aliphatic heterocycles. The molecule has 0 unspecified atom stereocenters. The topological polar surface area (TPSA) is 118 Å². The average molecular weight is 392 g/mol. The van der Waals surface area contributed by atoms with Crippen LogP contribution in [-0.4, -0.2) is 52.9 Å². The molecule has 23 heavy (non-hydrogen) atoms. The van der Waals surface area contributed by atoms with E-state index in [9.17, 15) is 13.9 Å². The summed E-state index contributed by atoms with van der Waals surface area (Å²) in [6, 6.07) is 0. The Morgan fingerprint density at radius 1 is 0.957 bits per heavy atom. The highest BCUT2D eigenvalue weighted by Crippen LogP contribution is 2.79. The number of hydrogen-bond donors (Lipinski definition) is 1. The Morgan fingerprint density at radius 3 is 1.52 bits per heavy atom. The van der Waals surface area contributed by atoms with Gasteiger partial charge in [-0.3, -0.25) is 13.9 Å². The number of aliphatic carboxylic acids is 1. The maximum absolute atomic E-state index is 13.2. The number of carboxylic acid groups (broad SMARTS) is 1. The lowest BCUT2D eigenvalue weighted by molar-refractivity contribution is -0.137. The summed E-state index contributed by atoms with van der Waals surface area (Å²) in [5, 5.41) is 6.84. The molecule has 0 aromatic carbocycles. The third-order valence-electron chi connectivity index (χ3n) is 2.95. The van der Waals surface area contributed by atoms with Gasteiger partial charge in [0.2, 0.25) is 0 Å². The van der Waals surface area contributed by atoms with E-state index in [1.807, 2.05) is 0 Å². The first kappa shape index (κ1) is 22.9. The van der Waals surface area contributed by atoms with Crippen molar-refractivity contribution in [1.29, 1.82) is 0 Å². The zero-order valence-electron chi connectivity index (χ0n) is 14.5. The van der Waals surface area contributed by atoms with Gasteiger partial charge in [-0.25, -0.2) is 0 Å². The first-order valence-electron chi connectivity index (χ1n) is 6.72. The van der Waals surface area contributed by atoms with E-state index in [-0.39, 0.29) is 0 Å². The van der Waals surface area contributed by atoms with Gasteiger partial charge in [0.15, 0.2) is 8.32 Å². The largest absolute Gasteiger partial charge is 0.481 e. The Labute approximate surface area is 137 Å². The lowest BCUT2D eigenvalue weighted by atomic mass is 10.3. The maximum atomic E-state index is 13.2. The smallest absolute Gasteiger partial charge is 0.373 e. The van der Waals surface area contributed by atoms with Crippen molar-refractivity contribution in [2.45, 2.75) is 37.6 Å². The van der Waals surface area contributed by atoms with Gasteiger partial charge in [-0.05, 0) is 19.6 Å². The molecule has 1 N–H and O–H groups in total. The Balaban J connectivity index is 6.50. The molecule has 0 amide bonds. The molecule has 138 valence electrons. The van der Waals surface area contributed by atoms with Gasteiger partial charge in [0.05, 0.1) is 0 Å². The fourth-order valence-corrected chi connectivity index (χ4v) is 10.1. The first-order chi connectivity index (χ1) is 10.4. The number of rotatable bonds is 11. The molecule has 0 saturated carbocycles. The molecule has 0 bridgehead atoms. The molecule has 9 nitrogen and oxygen atoms in total. The Kier molecular flexibility index (Phi) is 8.34. The van der Waals surface area contributed by atoms with Crippen LogP contribution in [-0.2, 0) is 36.4 Å². The van der Waals surface area contributed by atoms with Crippen LogP contribution in [0.1, 0.15) is 12.8 Å². The van der Waals surface area contributed by atoms with Crippen molar-refractivity contribution in [1.82, 2.24) is 0 Å². The molecule has 0 rings (SSSR count). The standard InChI is InChI=1S/C11H26O9P2Si/c1-16-21(14,17-2)11(9-8-10(12)13,20-23(5,6)7)22(15,18-3)19-4/h8-9H2,1-7H3,(H,12,13). The van der Waals surface area contributed by atoms with E-state index < -0.39 is 47.4 Å². The van der Waals surface area contributed by atoms with E-state index in [0.717, 1.165) is 28.4 Å². The van der Waals surface area contributed by atoms with Crippen LogP contribution in [0.4, 0.5) is 0 Å². The van der Waals surface area contributed by atoms with Gasteiger partial charge < -0.3 is 27.6 Å². The van der Waals surface area contributed by atoms with Crippen LogP contribution in [0.15, 0.2) is 0 Å². The summed E-state index contributed by atoms with van der Waals surface area (Å²) in [6.45, 7) is 5.27. The second-order valence-corrected chi connectivity index (χ2v) is 15.3. The summed E-state index contributed by atoms with van der Waals surface area (Å²) in [4.78, 5) is 11.0. The van der Waals surface area contributed by atoms with Gasteiger partial charge in [-0.15, -0.1) is 0 Å². The zero-order valence-corrected chi connectivity index (χ0v) is 17.3. The van der Waals surface area contributed by atoms with Crippen molar-refractivity contribution in [2.75, 3.05) is 28.4 Å². The predicted molar refractivity (Wildman–Crippen MR) is 87.3 cm³/mol. The van der Waals surface area contributed by atoms with Crippen LogP contribution in [0.3, 0.4) is 0 Å². The van der Waals surface area contributed by atoms with E-state index >= 15 is 0 Å². The van der Waals surface area contributed by atoms with Crippen molar-refractivity contribution < 1.29 is 41.6 Å². The second-order valence-electron chi connectivity index (χ2n) is 5.58. The minimum atomic E-state index is -4.19. The highest BCUT2D eigenvalue weighted by molar-refractivity contribution is 7.74. The molecule has 12 heteroatoms. The highest BCUT2D eigenvalue weighted by Gasteiger charge is 2.66. The van der Waals surface area contributed by atoms with Crippen LogP contribution in [0, 0.1) is 0 Å². The third kappa shape index (κ3) is 4.96. The number of carboxylic acids is 1. The molecule has 0 fully saturated rings. The monoisotopic (exact) mass is 392 g/mol. The Morgan fingerprint density at radius 2 is 1.30 bits per heavy atom. The molecular weight excluding hydrogens is 366 g/mol. The fourth-order valence-electron chi connectivity index (χ4n) is 2.07. The van der Waals surface area contributed by atoms with Crippen LogP contribution >= 0.6 is 15.2 Å². The van der Waals surface area contributed by atoms with E-state index in [4.69, 9.17) is 27.6 Å². The van der Waals surface area contributed by atoms with Gasteiger partial charge in [0.1, 0.15) is 0 Å². The molecule has 0 aliphatic carbocycles. The molecule has 0 heterocycles. The van der Waals surface area contributed by atoms with Crippen molar-refractivity contribution in [3.05, 3.63) is 0 Å². The summed E-state index contributed by atoms with van der Waals surface area (Å²) < 4.78 is 52.2. The molecular formula is C11H26O9P2Si. The van der Waals surface area contributed by atoms with Crippen molar-refractivity contribution in [3.63, 3.8) is 0 Å². The summed E-state index contributed by atoms with van der Waals surface area (Å²) in [7, 11) is -6.49. The van der Waals surface area contributed by atoms with Crippen molar-refractivity contribution in [3.8, 4) is 0 Å². The van der Waals surface area contributed by atoms with E-state index in [0.29, 0.717) is 0 Å². The van der Waals surface area contributed by atoms with Crippen molar-refractivity contribution >= 4 is 29.5 Å².